The lowest BCUT2D eigenvalue weighted by Crippen LogP contribution is -2.19. The number of anilines is 2. The largest absolute Gasteiger partial charge is 0.359 e. The summed E-state index contributed by atoms with van der Waals surface area (Å²) in [7, 11) is 0. The molecule has 32 heavy (non-hydrogen) atoms. The van der Waals surface area contributed by atoms with Crippen LogP contribution in [0.2, 0.25) is 0 Å². The van der Waals surface area contributed by atoms with Gasteiger partial charge in [-0.25, -0.2) is 9.37 Å². The van der Waals surface area contributed by atoms with E-state index in [1.807, 2.05) is 63.2 Å². The molecule has 0 spiro atoms. The molecule has 0 saturated carbocycles. The highest BCUT2D eigenvalue weighted by atomic mass is 32.1. The number of aryl methyl sites for hydroxylation is 2. The Morgan fingerprint density at radius 3 is 2.38 bits per heavy atom. The minimum Gasteiger partial charge on any atom is -0.359 e. The van der Waals surface area contributed by atoms with E-state index in [-0.39, 0.29) is 11.7 Å². The molecule has 0 unspecified atom stereocenters. The quantitative estimate of drug-likeness (QED) is 0.349. The van der Waals surface area contributed by atoms with Gasteiger partial charge in [0, 0.05) is 27.3 Å². The van der Waals surface area contributed by atoms with Crippen LogP contribution in [-0.4, -0.2) is 10.9 Å². The van der Waals surface area contributed by atoms with Gasteiger partial charge in [-0.3, -0.25) is 4.79 Å². The summed E-state index contributed by atoms with van der Waals surface area (Å²) in [6.45, 7) is 5.92. The average molecular weight is 446 g/mol. The van der Waals surface area contributed by atoms with Gasteiger partial charge in [-0.15, -0.1) is 11.3 Å². The van der Waals surface area contributed by atoms with E-state index in [1.165, 1.54) is 17.4 Å². The first kappa shape index (κ1) is 21.7. The van der Waals surface area contributed by atoms with Gasteiger partial charge in [-0.2, -0.15) is 0 Å². The fraction of sp³-hybridized carbons (Fsp3) is 0.154. The Morgan fingerprint density at radius 2 is 1.66 bits per heavy atom. The fourth-order valence-corrected chi connectivity index (χ4v) is 4.73. The third-order valence-corrected chi connectivity index (χ3v) is 6.52. The number of halogens is 1. The molecule has 0 bridgehead atoms. The topological polar surface area (TPSA) is 54.0 Å². The van der Waals surface area contributed by atoms with Crippen molar-refractivity contribution >= 4 is 28.1 Å². The second-order valence-electron chi connectivity index (χ2n) is 7.61. The average Bonchev–Trinajstić information content (AvgIpc) is 3.06. The molecule has 2 heterocycles. The molecule has 2 N–H and O–H groups in total. The maximum absolute atomic E-state index is 15.0. The number of amides is 1. The van der Waals surface area contributed by atoms with E-state index >= 15 is 0 Å². The van der Waals surface area contributed by atoms with Crippen molar-refractivity contribution in [2.45, 2.75) is 26.8 Å². The zero-order valence-corrected chi connectivity index (χ0v) is 19.0. The highest BCUT2D eigenvalue weighted by Gasteiger charge is 2.27. The maximum Gasteiger partial charge on any atom is 0.256 e. The highest BCUT2D eigenvalue weighted by Crippen LogP contribution is 2.41. The van der Waals surface area contributed by atoms with Crippen LogP contribution in [0.3, 0.4) is 0 Å². The van der Waals surface area contributed by atoms with Crippen LogP contribution in [0.1, 0.15) is 43.7 Å². The van der Waals surface area contributed by atoms with Crippen LogP contribution in [0.4, 0.5) is 15.2 Å². The van der Waals surface area contributed by atoms with Crippen LogP contribution in [0.5, 0.6) is 0 Å². The molecule has 0 aliphatic heterocycles. The minimum atomic E-state index is -0.526. The molecule has 4 rings (SSSR count). The van der Waals surface area contributed by atoms with Gasteiger partial charge in [-0.1, -0.05) is 42.5 Å². The number of hydrogen-bond donors (Lipinski definition) is 2. The highest BCUT2D eigenvalue weighted by molar-refractivity contribution is 7.16. The molecule has 162 valence electrons. The smallest absolute Gasteiger partial charge is 0.256 e. The summed E-state index contributed by atoms with van der Waals surface area (Å²) in [5, 5.41) is 7.15. The van der Waals surface area contributed by atoms with Gasteiger partial charge >= 0.3 is 0 Å². The molecule has 6 heteroatoms. The van der Waals surface area contributed by atoms with Crippen LogP contribution in [0.15, 0.2) is 72.8 Å². The van der Waals surface area contributed by atoms with E-state index < -0.39 is 6.04 Å². The number of carbonyl (C=O) groups excluding carboxylic acids is 1. The summed E-state index contributed by atoms with van der Waals surface area (Å²) < 4.78 is 15.0. The molecule has 4 aromatic rings. The minimum absolute atomic E-state index is 0.200. The number of aromatic nitrogens is 1. The molecular formula is C26H24FN3OS. The van der Waals surface area contributed by atoms with E-state index in [1.54, 1.807) is 24.3 Å². The van der Waals surface area contributed by atoms with Gasteiger partial charge in [0.1, 0.15) is 16.6 Å². The first-order chi connectivity index (χ1) is 15.4. The number of thiophene rings is 1. The van der Waals surface area contributed by atoms with Gasteiger partial charge in [-0.05, 0) is 56.7 Å². The number of pyridine rings is 1. The molecular weight excluding hydrogens is 421 g/mol. The lowest BCUT2D eigenvalue weighted by Gasteiger charge is -2.23. The summed E-state index contributed by atoms with van der Waals surface area (Å²) in [5.74, 6) is 0.122. The molecule has 1 amide bonds. The second-order valence-corrected chi connectivity index (χ2v) is 8.83. The van der Waals surface area contributed by atoms with Crippen molar-refractivity contribution in [2.24, 2.45) is 0 Å². The molecule has 0 radical (unpaired) electrons. The number of rotatable bonds is 6. The van der Waals surface area contributed by atoms with Crippen LogP contribution in [0, 0.1) is 26.6 Å². The zero-order valence-electron chi connectivity index (χ0n) is 18.1. The predicted molar refractivity (Wildman–Crippen MR) is 129 cm³/mol. The number of benzene rings is 2. The lowest BCUT2D eigenvalue weighted by molar-refractivity contribution is 0.102. The molecule has 2 aromatic heterocycles. The lowest BCUT2D eigenvalue weighted by atomic mass is 9.96. The molecule has 0 fully saturated rings. The first-order valence-corrected chi connectivity index (χ1v) is 11.2. The van der Waals surface area contributed by atoms with Crippen molar-refractivity contribution < 1.29 is 9.18 Å². The SMILES string of the molecule is Cc1cccc(N[C@H](c2ccccc2F)c2c(NC(=O)c3ccccc3)sc(C)c2C)n1. The van der Waals surface area contributed by atoms with Gasteiger partial charge < -0.3 is 10.6 Å². The number of carbonyl (C=O) groups is 1. The molecule has 1 atom stereocenters. The normalized spacial score (nSPS) is 11.8. The first-order valence-electron chi connectivity index (χ1n) is 10.3. The van der Waals surface area contributed by atoms with Crippen molar-refractivity contribution in [3.63, 3.8) is 0 Å². The van der Waals surface area contributed by atoms with Crippen LogP contribution >= 0.6 is 11.3 Å². The van der Waals surface area contributed by atoms with Crippen LogP contribution in [0.25, 0.3) is 0 Å². The Kier molecular flexibility index (Phi) is 6.32. The molecule has 2 aromatic carbocycles. The number of hydrogen-bond acceptors (Lipinski definition) is 4. The van der Waals surface area contributed by atoms with E-state index in [0.29, 0.717) is 21.9 Å². The van der Waals surface area contributed by atoms with Crippen LogP contribution in [-0.2, 0) is 0 Å². The molecule has 0 saturated heterocycles. The van der Waals surface area contributed by atoms with E-state index in [4.69, 9.17) is 0 Å². The summed E-state index contributed by atoms with van der Waals surface area (Å²) in [6, 6.07) is 20.9. The van der Waals surface area contributed by atoms with Gasteiger partial charge in [0.2, 0.25) is 0 Å². The van der Waals surface area contributed by atoms with E-state index in [2.05, 4.69) is 15.6 Å². The standard InChI is InChI=1S/C26H24FN3OS/c1-16-10-9-15-22(28-16)29-24(20-13-7-8-14-21(20)27)23-17(2)18(3)32-26(23)30-25(31)19-11-5-4-6-12-19/h4-15,24H,1-3H3,(H,28,29)(H,30,31)/t24-/m1/s1. The molecule has 4 nitrogen and oxygen atoms in total. The van der Waals surface area contributed by atoms with Crippen molar-refractivity contribution in [2.75, 3.05) is 10.6 Å². The Labute approximate surface area is 191 Å². The zero-order chi connectivity index (χ0) is 22.7. The predicted octanol–water partition coefficient (Wildman–Crippen LogP) is 6.66. The second kappa shape index (κ2) is 9.32. The third-order valence-electron chi connectivity index (χ3n) is 5.38. The van der Waals surface area contributed by atoms with Gasteiger partial charge in [0.05, 0.1) is 6.04 Å². The Balaban J connectivity index is 1.80. The Morgan fingerprint density at radius 1 is 0.938 bits per heavy atom. The van der Waals surface area contributed by atoms with E-state index in [0.717, 1.165) is 21.7 Å². The number of nitrogens with one attached hydrogen (secondary N) is 2. The maximum atomic E-state index is 15.0. The fourth-order valence-electron chi connectivity index (χ4n) is 3.64. The summed E-state index contributed by atoms with van der Waals surface area (Å²) >= 11 is 1.49. The summed E-state index contributed by atoms with van der Waals surface area (Å²) in [5.41, 5.74) is 3.76. The molecule has 0 aliphatic carbocycles. The summed E-state index contributed by atoms with van der Waals surface area (Å²) in [6.07, 6.45) is 0. The van der Waals surface area contributed by atoms with Crippen LogP contribution < -0.4 is 10.6 Å². The van der Waals surface area contributed by atoms with Crippen molar-refractivity contribution in [3.8, 4) is 0 Å². The Hall–Kier alpha value is -3.51. The summed E-state index contributed by atoms with van der Waals surface area (Å²) in [4.78, 5) is 18.5. The van der Waals surface area contributed by atoms with Crippen molar-refractivity contribution in [1.82, 2.24) is 4.98 Å². The van der Waals surface area contributed by atoms with Crippen molar-refractivity contribution in [1.29, 1.82) is 0 Å². The monoisotopic (exact) mass is 445 g/mol. The number of nitrogens with zero attached hydrogens (tertiary/aromatic N) is 1. The third kappa shape index (κ3) is 4.55. The van der Waals surface area contributed by atoms with Gasteiger partial charge in [0.25, 0.3) is 5.91 Å². The van der Waals surface area contributed by atoms with E-state index in [9.17, 15) is 9.18 Å². The van der Waals surface area contributed by atoms with Gasteiger partial charge in [0.15, 0.2) is 0 Å². The Bertz CT molecular complexity index is 1250. The molecule has 0 aliphatic rings. The van der Waals surface area contributed by atoms with Crippen molar-refractivity contribution in [3.05, 3.63) is 111 Å².